The van der Waals surface area contributed by atoms with E-state index >= 15 is 0 Å². The highest BCUT2D eigenvalue weighted by atomic mass is 16.5. The maximum atomic E-state index is 12.5. The van der Waals surface area contributed by atoms with Crippen molar-refractivity contribution in [2.75, 3.05) is 13.2 Å². The van der Waals surface area contributed by atoms with Gasteiger partial charge in [-0.25, -0.2) is 0 Å². The third-order valence-electron chi connectivity index (χ3n) is 15.0. The van der Waals surface area contributed by atoms with Crippen molar-refractivity contribution in [3.63, 3.8) is 0 Å². The molecule has 0 radical (unpaired) electrons. The molecule has 0 aliphatic heterocycles. The quantitative estimate of drug-likeness (QED) is 0.0320. The van der Waals surface area contributed by atoms with Crippen molar-refractivity contribution < 1.29 is 24.5 Å². The van der Waals surface area contributed by atoms with Crippen molar-refractivity contribution in [1.82, 2.24) is 5.32 Å². The molecule has 0 aromatic rings. The van der Waals surface area contributed by atoms with Gasteiger partial charge in [0.2, 0.25) is 5.91 Å². The molecule has 6 heteroatoms. The van der Waals surface area contributed by atoms with Crippen LogP contribution in [0.15, 0.2) is 24.3 Å². The van der Waals surface area contributed by atoms with Crippen LogP contribution in [0.4, 0.5) is 0 Å². The number of carbonyl (C=O) groups excluding carboxylic acids is 2. The Hall–Kier alpha value is -1.66. The molecule has 420 valence electrons. The molecule has 6 nitrogen and oxygen atoms in total. The van der Waals surface area contributed by atoms with E-state index in [2.05, 4.69) is 43.5 Å². The molecule has 2 unspecified atom stereocenters. The van der Waals surface area contributed by atoms with Gasteiger partial charge in [0.1, 0.15) is 0 Å². The van der Waals surface area contributed by atoms with Gasteiger partial charge in [0.05, 0.1) is 25.4 Å². The monoisotopic (exact) mass is 1000 g/mol. The van der Waals surface area contributed by atoms with E-state index in [0.29, 0.717) is 25.9 Å². The van der Waals surface area contributed by atoms with Crippen LogP contribution in [0, 0.1) is 0 Å². The lowest BCUT2D eigenvalue weighted by Gasteiger charge is -2.22. The molecule has 1 amide bonds. The van der Waals surface area contributed by atoms with Crippen molar-refractivity contribution in [2.24, 2.45) is 0 Å². The molecular weight excluding hydrogens is 875 g/mol. The van der Waals surface area contributed by atoms with E-state index in [1.807, 2.05) is 0 Å². The fraction of sp³-hybridized carbons (Fsp3) is 0.908. The highest BCUT2D eigenvalue weighted by Crippen LogP contribution is 2.18. The van der Waals surface area contributed by atoms with Crippen molar-refractivity contribution in [1.29, 1.82) is 0 Å². The zero-order valence-corrected chi connectivity index (χ0v) is 48.0. The average Bonchev–Trinajstić information content (AvgIpc) is 3.37. The van der Waals surface area contributed by atoms with Gasteiger partial charge < -0.3 is 20.3 Å². The first-order valence-electron chi connectivity index (χ1n) is 32.1. The maximum absolute atomic E-state index is 12.5. The summed E-state index contributed by atoms with van der Waals surface area (Å²) in [7, 11) is 0. The topological polar surface area (TPSA) is 95.9 Å². The van der Waals surface area contributed by atoms with Crippen LogP contribution in [-0.4, -0.2) is 47.4 Å². The van der Waals surface area contributed by atoms with Crippen molar-refractivity contribution >= 4 is 11.9 Å². The summed E-state index contributed by atoms with van der Waals surface area (Å²) in [6, 6.07) is -0.542. The Labute approximate surface area is 443 Å². The predicted molar refractivity (Wildman–Crippen MR) is 310 cm³/mol. The van der Waals surface area contributed by atoms with Crippen LogP contribution < -0.4 is 5.32 Å². The minimum atomic E-state index is -0.664. The third kappa shape index (κ3) is 57.5. The van der Waals surface area contributed by atoms with Gasteiger partial charge in [-0.2, -0.15) is 0 Å². The molecule has 0 bridgehead atoms. The molecule has 0 heterocycles. The maximum Gasteiger partial charge on any atom is 0.305 e. The van der Waals surface area contributed by atoms with Crippen molar-refractivity contribution in [3.8, 4) is 0 Å². The summed E-state index contributed by atoms with van der Waals surface area (Å²) < 4.78 is 5.48. The molecule has 0 spiro atoms. The number of aliphatic hydroxyl groups excluding tert-OH is 2. The average molecular weight is 1000 g/mol. The van der Waals surface area contributed by atoms with Gasteiger partial charge in [0.25, 0.3) is 0 Å². The van der Waals surface area contributed by atoms with Crippen LogP contribution in [0.25, 0.3) is 0 Å². The number of aliphatic hydroxyl groups is 2. The lowest BCUT2D eigenvalue weighted by Crippen LogP contribution is -2.45. The molecular formula is C65H125NO5. The molecule has 0 saturated heterocycles. The smallest absolute Gasteiger partial charge is 0.305 e. The van der Waals surface area contributed by atoms with Crippen molar-refractivity contribution in [3.05, 3.63) is 24.3 Å². The third-order valence-corrected chi connectivity index (χ3v) is 15.0. The highest BCUT2D eigenvalue weighted by Gasteiger charge is 2.20. The van der Waals surface area contributed by atoms with Crippen LogP contribution in [0.3, 0.4) is 0 Å². The second kappa shape index (κ2) is 60.9. The minimum absolute atomic E-state index is 0.000368. The number of ether oxygens (including phenoxy) is 1. The summed E-state index contributed by atoms with van der Waals surface area (Å²) in [5, 5.41) is 23.3. The highest BCUT2D eigenvalue weighted by molar-refractivity contribution is 5.76. The largest absolute Gasteiger partial charge is 0.466 e. The number of hydrogen-bond donors (Lipinski definition) is 3. The zero-order chi connectivity index (χ0) is 51.4. The molecule has 0 aliphatic rings. The molecule has 0 fully saturated rings. The summed E-state index contributed by atoms with van der Waals surface area (Å²) in [6.07, 6.45) is 74.7. The summed E-state index contributed by atoms with van der Waals surface area (Å²) >= 11 is 0. The molecule has 0 aliphatic carbocycles. The number of hydrogen-bond acceptors (Lipinski definition) is 5. The van der Waals surface area contributed by atoms with Gasteiger partial charge in [-0.15, -0.1) is 0 Å². The molecule has 0 rings (SSSR count). The first kappa shape index (κ1) is 69.3. The molecule has 3 N–H and O–H groups in total. The van der Waals surface area contributed by atoms with Crippen LogP contribution >= 0.6 is 0 Å². The van der Waals surface area contributed by atoms with Gasteiger partial charge in [0.15, 0.2) is 0 Å². The van der Waals surface area contributed by atoms with Crippen LogP contribution in [0.1, 0.15) is 354 Å². The normalized spacial score (nSPS) is 12.7. The Morgan fingerprint density at radius 3 is 1.08 bits per heavy atom. The summed E-state index contributed by atoms with van der Waals surface area (Å²) in [5.74, 6) is -0.0324. The number of rotatable bonds is 60. The number of unbranched alkanes of at least 4 members (excludes halogenated alkanes) is 45. The Balaban J connectivity index is 3.38. The number of nitrogens with one attached hydrogen (secondary N) is 1. The number of amides is 1. The van der Waals surface area contributed by atoms with E-state index < -0.39 is 12.1 Å². The van der Waals surface area contributed by atoms with E-state index in [1.165, 1.54) is 270 Å². The Morgan fingerprint density at radius 1 is 0.394 bits per heavy atom. The summed E-state index contributed by atoms with van der Waals surface area (Å²) in [6.45, 7) is 4.95. The standard InChI is InChI=1S/C65H125NO5/c1-3-5-7-9-11-13-15-17-19-29-33-37-41-45-49-53-57-63(68)62(61-67)66-64(69)58-54-50-46-42-38-34-30-27-25-23-21-22-24-26-28-32-36-40-44-48-52-56-60-71-65(70)59-55-51-47-43-39-35-31-20-18-16-14-12-10-8-6-4-2/h14,16,20,31,62-63,67-68H,3-13,15,17-19,21-30,32-61H2,1-2H3,(H,66,69)/b16-14-,31-20-. The Morgan fingerprint density at radius 2 is 0.704 bits per heavy atom. The van der Waals surface area contributed by atoms with Crippen LogP contribution in [-0.2, 0) is 14.3 Å². The first-order chi connectivity index (χ1) is 35.0. The van der Waals surface area contributed by atoms with Gasteiger partial charge in [0, 0.05) is 12.8 Å². The second-order valence-corrected chi connectivity index (χ2v) is 22.1. The predicted octanol–water partition coefficient (Wildman–Crippen LogP) is 20.2. The number of carbonyl (C=O) groups is 2. The molecule has 71 heavy (non-hydrogen) atoms. The molecule has 2 atom stereocenters. The molecule has 0 aromatic heterocycles. The zero-order valence-electron chi connectivity index (χ0n) is 48.0. The molecule has 0 aromatic carbocycles. The SMILES string of the molecule is CCCCCC/C=C\C/C=C\CCCCCCCC(=O)OCCCCCCCCCCCCCCCCCCCCCCCCC(=O)NC(CO)C(O)CCCCCCCCCCCCCCCCCC. The van der Waals surface area contributed by atoms with Gasteiger partial charge in [-0.05, 0) is 57.8 Å². The lowest BCUT2D eigenvalue weighted by molar-refractivity contribution is -0.143. The summed E-state index contributed by atoms with van der Waals surface area (Å²) in [4.78, 5) is 24.6. The second-order valence-electron chi connectivity index (χ2n) is 22.1. The number of allylic oxidation sites excluding steroid dienone is 4. The van der Waals surface area contributed by atoms with Crippen molar-refractivity contribution in [2.45, 2.75) is 366 Å². The van der Waals surface area contributed by atoms with Crippen LogP contribution in [0.5, 0.6) is 0 Å². The van der Waals surface area contributed by atoms with Gasteiger partial charge in [-0.1, -0.05) is 308 Å². The number of esters is 1. The van der Waals surface area contributed by atoms with Crippen LogP contribution in [0.2, 0.25) is 0 Å². The van der Waals surface area contributed by atoms with E-state index in [4.69, 9.17) is 4.74 Å². The molecule has 0 saturated carbocycles. The fourth-order valence-electron chi connectivity index (χ4n) is 10.1. The van der Waals surface area contributed by atoms with Gasteiger partial charge in [-0.3, -0.25) is 9.59 Å². The minimum Gasteiger partial charge on any atom is -0.466 e. The Kier molecular flexibility index (Phi) is 59.5. The Bertz CT molecular complexity index is 1110. The van der Waals surface area contributed by atoms with E-state index in [0.717, 1.165) is 51.4 Å². The van der Waals surface area contributed by atoms with E-state index in [-0.39, 0.29) is 18.5 Å². The first-order valence-corrected chi connectivity index (χ1v) is 32.1. The summed E-state index contributed by atoms with van der Waals surface area (Å²) in [5.41, 5.74) is 0. The van der Waals surface area contributed by atoms with E-state index in [9.17, 15) is 19.8 Å². The van der Waals surface area contributed by atoms with Gasteiger partial charge >= 0.3 is 5.97 Å². The lowest BCUT2D eigenvalue weighted by atomic mass is 10.0. The fourth-order valence-corrected chi connectivity index (χ4v) is 10.1. The van der Waals surface area contributed by atoms with E-state index in [1.54, 1.807) is 0 Å².